The second-order valence-corrected chi connectivity index (χ2v) is 31.5. The minimum atomic E-state index is 0.920. The van der Waals surface area contributed by atoms with Crippen LogP contribution in [0, 0.1) is 249 Å². The monoisotopic (exact) mass is 1410 g/mol. The SMILES string of the molecule is Cc1c(C)c(C)c2c(C)n(C)nc2c1C.Cc1c(C)c(C)c2c(C)noc2c1C.Cc1c(C)c(C)c2c(C)nsc2c1C.Cc1c(C)c(C)c2c(C)onc2c1C.Cc1c(C)c(C)c2c(C)snc2c1C.Cc1c(C)c(C)c2c(c(C)nn2C)c1C.Cc1c(C)c(C)c2c(c1C)c(C)c(C)n2C. The molecule has 0 aliphatic heterocycles. The number of benzene rings is 7. The first kappa shape index (κ1) is 79.4. The molecule has 0 aliphatic rings. The summed E-state index contributed by atoms with van der Waals surface area (Å²) in [7, 11) is 6.21. The summed E-state index contributed by atoms with van der Waals surface area (Å²) in [4.78, 5) is 1.34. The number of aryl methyl sites for hydroxylation is 24. The quantitative estimate of drug-likeness (QED) is 0.147. The third-order valence-electron chi connectivity index (χ3n) is 24.9. The summed E-state index contributed by atoms with van der Waals surface area (Å²) >= 11 is 3.24. The molecule has 102 heavy (non-hydrogen) atoms. The Balaban J connectivity index is 0.000000151. The van der Waals surface area contributed by atoms with Gasteiger partial charge in [0.1, 0.15) is 11.3 Å². The van der Waals surface area contributed by atoms with Crippen LogP contribution in [0.5, 0.6) is 0 Å². The number of nitrogens with zero attached hydrogens (tertiary/aromatic N) is 9. The van der Waals surface area contributed by atoms with E-state index in [2.05, 4.69) is 276 Å². The maximum Gasteiger partial charge on any atom is 0.170 e. The lowest BCUT2D eigenvalue weighted by Crippen LogP contribution is -1.97. The fourth-order valence-electron chi connectivity index (χ4n) is 15.5. The highest BCUT2D eigenvalue weighted by atomic mass is 32.1. The van der Waals surface area contributed by atoms with Crippen molar-refractivity contribution in [1.29, 1.82) is 0 Å². The molecule has 14 aromatic rings. The van der Waals surface area contributed by atoms with Gasteiger partial charge in [0, 0.05) is 75.1 Å². The van der Waals surface area contributed by atoms with E-state index >= 15 is 0 Å². The van der Waals surface area contributed by atoms with E-state index in [-0.39, 0.29) is 0 Å². The molecule has 14 rings (SSSR count). The molecule has 0 radical (unpaired) electrons. The van der Waals surface area contributed by atoms with Crippen molar-refractivity contribution in [2.24, 2.45) is 21.1 Å². The Kier molecular flexibility index (Phi) is 23.5. The van der Waals surface area contributed by atoms with Crippen molar-refractivity contribution in [3.8, 4) is 0 Å². The smallest absolute Gasteiger partial charge is 0.170 e. The molecule has 0 fully saturated rings. The average molecular weight is 1410 g/mol. The summed E-state index contributed by atoms with van der Waals surface area (Å²) in [5.74, 6) is 0.920. The van der Waals surface area contributed by atoms with Crippen LogP contribution in [0.2, 0.25) is 0 Å². The second-order valence-electron chi connectivity index (χ2n) is 29.7. The van der Waals surface area contributed by atoms with Gasteiger partial charge < -0.3 is 13.6 Å². The van der Waals surface area contributed by atoms with Crippen LogP contribution in [0.3, 0.4) is 0 Å². The topological polar surface area (TPSA) is 118 Å². The molecule has 0 N–H and O–H groups in total. The van der Waals surface area contributed by atoms with Gasteiger partial charge in [-0.15, -0.1) is 0 Å². The highest BCUT2D eigenvalue weighted by molar-refractivity contribution is 7.13. The number of rotatable bonds is 0. The third kappa shape index (κ3) is 13.6. The zero-order valence-electron chi connectivity index (χ0n) is 69.7. The number of hydrogen-bond acceptors (Lipinski definition) is 10. The first-order valence-electron chi connectivity index (χ1n) is 36.0. The minimum Gasteiger partial charge on any atom is -0.360 e. The lowest BCUT2D eigenvalue weighted by Gasteiger charge is -2.12. The highest BCUT2D eigenvalue weighted by Crippen LogP contribution is 2.39. The molecule has 0 amide bonds. The Bertz CT molecular complexity index is 5170. The molecule has 13 heteroatoms. The van der Waals surface area contributed by atoms with E-state index in [0.29, 0.717) is 0 Å². The van der Waals surface area contributed by atoms with Gasteiger partial charge in [0.25, 0.3) is 0 Å². The van der Waals surface area contributed by atoms with Gasteiger partial charge in [-0.25, -0.2) is 0 Å². The second kappa shape index (κ2) is 30.2. The molecule has 0 bridgehead atoms. The lowest BCUT2D eigenvalue weighted by atomic mass is 9.94. The molecule has 0 saturated carbocycles. The maximum absolute atomic E-state index is 5.35. The van der Waals surface area contributed by atoms with Crippen LogP contribution in [0.25, 0.3) is 75.6 Å². The van der Waals surface area contributed by atoms with E-state index in [4.69, 9.17) is 9.05 Å². The molecule has 0 saturated heterocycles. The van der Waals surface area contributed by atoms with Crippen molar-refractivity contribution in [3.05, 3.63) is 200 Å². The van der Waals surface area contributed by atoms with Crippen LogP contribution in [0.4, 0.5) is 0 Å². The Hall–Kier alpha value is -8.26. The Morgan fingerprint density at radius 1 is 0.245 bits per heavy atom. The predicted molar refractivity (Wildman–Crippen MR) is 442 cm³/mol. The summed E-state index contributed by atoms with van der Waals surface area (Å²) in [5.41, 5.74) is 52.7. The van der Waals surface area contributed by atoms with Crippen molar-refractivity contribution in [3.63, 3.8) is 0 Å². The number of aromatic nitrogens is 9. The molecular formula is C89H117N9O2S2. The van der Waals surface area contributed by atoms with Gasteiger partial charge in [-0.2, -0.15) is 18.9 Å². The van der Waals surface area contributed by atoms with Gasteiger partial charge in [0.15, 0.2) is 5.58 Å². The molecule has 7 heterocycles. The molecule has 0 aliphatic carbocycles. The predicted octanol–water partition coefficient (Wildman–Crippen LogP) is 24.7. The van der Waals surface area contributed by atoms with Crippen molar-refractivity contribution in [1.82, 2.24) is 43.2 Å². The normalized spacial score (nSPS) is 11.3. The van der Waals surface area contributed by atoms with Gasteiger partial charge in [-0.05, 0) is 434 Å². The van der Waals surface area contributed by atoms with Crippen LogP contribution < -0.4 is 0 Å². The van der Waals surface area contributed by atoms with Crippen LogP contribution in [-0.2, 0) is 21.1 Å². The zero-order chi connectivity index (χ0) is 76.7. The molecule has 0 atom stereocenters. The molecular weight excluding hydrogens is 1290 g/mol. The van der Waals surface area contributed by atoms with E-state index in [1.807, 2.05) is 37.3 Å². The average Bonchev–Trinajstić information content (AvgIpc) is 1.62. The van der Waals surface area contributed by atoms with Crippen LogP contribution >= 0.6 is 23.1 Å². The minimum absolute atomic E-state index is 0.920. The lowest BCUT2D eigenvalue weighted by molar-refractivity contribution is 0.405. The summed E-state index contributed by atoms with van der Waals surface area (Å²) in [6.45, 7) is 77.9. The number of hydrogen-bond donors (Lipinski definition) is 0. The summed E-state index contributed by atoms with van der Waals surface area (Å²) < 4.78 is 27.2. The molecule has 11 nitrogen and oxygen atoms in total. The van der Waals surface area contributed by atoms with Gasteiger partial charge in [-0.1, -0.05) is 10.3 Å². The standard InChI is InChI=1S/C15H21N.2C13H18N2.2C12H15NO.2C12H15NS/c1-8-9(2)11(4)15-14(10(8)3)12(5)13(6)16(15)7;1-7-8(2)10(4)13-12(9(7)3)11(5)15(6)14-13;1-7-8(2)10(4)13-12(9(7)3)11(5)14-15(13)6;1-6-7(2)9(4)12-11(8(6)3)10(5)14-13-12;1-6-7(2)9(4)12-11(8(6)3)10(5)13-14-12;1-6-7(2)9(4)12-11(8(6)3)10(5)14-13-12;1-6-7(2)9(4)12-11(8(6)3)10(5)13-14-12/h1-7H3;2*1-6H3;4*1-5H3. The van der Waals surface area contributed by atoms with E-state index in [0.717, 1.165) is 33.8 Å². The zero-order valence-corrected chi connectivity index (χ0v) is 71.3. The fraction of sp³-hybridized carbons (Fsp3) is 0.438. The summed E-state index contributed by atoms with van der Waals surface area (Å²) in [5, 5.41) is 26.5. The third-order valence-corrected chi connectivity index (χ3v) is 26.7. The van der Waals surface area contributed by atoms with Gasteiger partial charge in [-0.3, -0.25) is 9.36 Å². The Morgan fingerprint density at radius 3 is 1.18 bits per heavy atom. The van der Waals surface area contributed by atoms with E-state index in [1.165, 1.54) is 242 Å². The van der Waals surface area contributed by atoms with Gasteiger partial charge >= 0.3 is 0 Å². The van der Waals surface area contributed by atoms with Crippen LogP contribution in [0.1, 0.15) is 200 Å². The van der Waals surface area contributed by atoms with E-state index in [9.17, 15) is 0 Å². The maximum atomic E-state index is 5.35. The van der Waals surface area contributed by atoms with Crippen molar-refractivity contribution >= 4 is 98.6 Å². The number of fused-ring (bicyclic) bond motifs is 7. The molecule has 7 aromatic heterocycles. The van der Waals surface area contributed by atoms with Crippen molar-refractivity contribution in [2.45, 2.75) is 249 Å². The van der Waals surface area contributed by atoms with Crippen LogP contribution in [-0.4, -0.2) is 43.2 Å². The van der Waals surface area contributed by atoms with E-state index in [1.54, 1.807) is 23.1 Å². The van der Waals surface area contributed by atoms with Gasteiger partial charge in [0.2, 0.25) is 0 Å². The van der Waals surface area contributed by atoms with Crippen LogP contribution in [0.15, 0.2) is 9.05 Å². The fourth-order valence-corrected chi connectivity index (χ4v) is 17.3. The summed E-state index contributed by atoms with van der Waals surface area (Å²) in [6, 6.07) is 0. The van der Waals surface area contributed by atoms with Crippen molar-refractivity contribution in [2.75, 3.05) is 0 Å². The first-order valence-corrected chi connectivity index (χ1v) is 37.6. The Morgan fingerprint density at radius 2 is 0.647 bits per heavy atom. The van der Waals surface area contributed by atoms with E-state index < -0.39 is 0 Å². The highest BCUT2D eigenvalue weighted by Gasteiger charge is 2.22. The molecule has 0 spiro atoms. The largest absolute Gasteiger partial charge is 0.360 e. The molecule has 0 unspecified atom stereocenters. The molecule has 542 valence electrons. The first-order chi connectivity index (χ1) is 47.4. The summed E-state index contributed by atoms with van der Waals surface area (Å²) in [6.07, 6.45) is 0. The molecule has 7 aromatic carbocycles. The Labute approximate surface area is 617 Å². The van der Waals surface area contributed by atoms with Gasteiger partial charge in [0.05, 0.1) is 43.8 Å². The van der Waals surface area contributed by atoms with Crippen molar-refractivity contribution < 1.29 is 9.05 Å².